The summed E-state index contributed by atoms with van der Waals surface area (Å²) in [4.78, 5) is 25.5. The summed E-state index contributed by atoms with van der Waals surface area (Å²) in [5, 5.41) is 0.119. The second-order valence-corrected chi connectivity index (χ2v) is 11.7. The maximum absolute atomic E-state index is 12.1. The maximum Gasteiger partial charge on any atom is 0.309 e. The van der Waals surface area contributed by atoms with E-state index in [4.69, 9.17) is 15.0 Å². The number of carbonyl (C=O) groups is 2. The maximum atomic E-state index is 12.1. The fourth-order valence-corrected chi connectivity index (χ4v) is 6.62. The first-order chi connectivity index (χ1) is 15.6. The van der Waals surface area contributed by atoms with E-state index in [0.29, 0.717) is 6.61 Å². The zero-order valence-corrected chi connectivity index (χ0v) is 19.7. The molecule has 1 saturated carbocycles. The molecule has 5 rings (SSSR count). The van der Waals surface area contributed by atoms with Crippen LogP contribution in [0.4, 0.5) is 0 Å². The number of thioether (sulfide) groups is 1. The molecule has 3 N–H and O–H groups in total. The predicted molar refractivity (Wildman–Crippen MR) is 124 cm³/mol. The number of amides is 1. The van der Waals surface area contributed by atoms with Gasteiger partial charge in [-0.25, -0.2) is 0 Å². The molecule has 2 heterocycles. The molecule has 1 unspecified atom stereocenters. The molecule has 0 aromatic heterocycles. The largest absolute Gasteiger partial charge is 0.461 e. The van der Waals surface area contributed by atoms with Gasteiger partial charge in [0.1, 0.15) is 18.0 Å². The zero-order valence-electron chi connectivity index (χ0n) is 18.1. The highest BCUT2D eigenvalue weighted by Crippen LogP contribution is 2.58. The summed E-state index contributed by atoms with van der Waals surface area (Å²) in [6, 6.07) is 15.3. The first-order valence-electron chi connectivity index (χ1n) is 10.6. The van der Waals surface area contributed by atoms with E-state index >= 15 is 0 Å². The van der Waals surface area contributed by atoms with Gasteiger partial charge in [-0.05, 0) is 37.5 Å². The minimum atomic E-state index is -4.02. The van der Waals surface area contributed by atoms with Gasteiger partial charge in [0.05, 0.1) is 10.8 Å². The van der Waals surface area contributed by atoms with Gasteiger partial charge in [0.25, 0.3) is 10.1 Å². The van der Waals surface area contributed by atoms with Gasteiger partial charge in [-0.15, -0.1) is 11.8 Å². The summed E-state index contributed by atoms with van der Waals surface area (Å²) < 4.78 is 35.0. The molecule has 2 atom stereocenters. The first kappa shape index (κ1) is 23.7. The molecule has 2 aliphatic heterocycles. The number of rotatable bonds is 4. The van der Waals surface area contributed by atoms with Gasteiger partial charge in [0.2, 0.25) is 5.91 Å². The quantitative estimate of drug-likeness (QED) is 0.380. The summed E-state index contributed by atoms with van der Waals surface area (Å²) in [6.07, 6.45) is 1.58. The van der Waals surface area contributed by atoms with Crippen LogP contribution in [0.15, 0.2) is 59.5 Å². The minimum Gasteiger partial charge on any atom is -0.461 e. The zero-order chi connectivity index (χ0) is 23.8. The summed E-state index contributed by atoms with van der Waals surface area (Å²) in [6.45, 7) is 2.90. The summed E-state index contributed by atoms with van der Waals surface area (Å²) >= 11 is 1.77. The number of fused-ring (bicyclic) bond motifs is 1. The second kappa shape index (κ2) is 9.09. The van der Waals surface area contributed by atoms with Crippen molar-refractivity contribution in [2.75, 3.05) is 6.54 Å². The number of nitrogens with zero attached hydrogens (tertiary/aromatic N) is 1. The number of esters is 1. The Bertz CT molecular complexity index is 1130. The number of benzene rings is 2. The second-order valence-electron chi connectivity index (χ2n) is 8.67. The number of β-lactam (4-membered cyclic amide) rings is 1. The number of ether oxygens (including phenoxy) is 1. The van der Waals surface area contributed by atoms with Crippen LogP contribution in [0.25, 0.3) is 0 Å². The lowest BCUT2D eigenvalue weighted by molar-refractivity contribution is -0.154. The van der Waals surface area contributed by atoms with Crippen LogP contribution in [-0.2, 0) is 31.1 Å². The van der Waals surface area contributed by atoms with Gasteiger partial charge in [-0.1, -0.05) is 48.0 Å². The van der Waals surface area contributed by atoms with E-state index in [0.717, 1.165) is 30.5 Å². The Labute approximate surface area is 197 Å². The number of carbonyl (C=O) groups excluding carboxylic acids is 2. The third-order valence-corrected chi connectivity index (χ3v) is 8.74. The van der Waals surface area contributed by atoms with Crippen molar-refractivity contribution < 1.29 is 27.3 Å². The monoisotopic (exact) mass is 490 g/mol. The fraction of sp³-hybridized carbons (Fsp3) is 0.391. The number of nitrogens with two attached hydrogens (primary N) is 1. The lowest BCUT2D eigenvalue weighted by Crippen LogP contribution is -2.64. The van der Waals surface area contributed by atoms with Crippen molar-refractivity contribution in [2.24, 2.45) is 11.7 Å². The highest BCUT2D eigenvalue weighted by molar-refractivity contribution is 8.01. The molecule has 8 nitrogen and oxygen atoms in total. The average Bonchev–Trinajstić information content (AvgIpc) is 3.14. The Morgan fingerprint density at radius 1 is 1.18 bits per heavy atom. The molecule has 3 fully saturated rings. The van der Waals surface area contributed by atoms with Gasteiger partial charge in [-0.3, -0.25) is 14.1 Å². The summed E-state index contributed by atoms with van der Waals surface area (Å²) in [5.41, 5.74) is 7.77. The highest BCUT2D eigenvalue weighted by atomic mass is 32.2. The van der Waals surface area contributed by atoms with Crippen LogP contribution in [0.5, 0.6) is 0 Å². The van der Waals surface area contributed by atoms with Crippen molar-refractivity contribution in [2.45, 2.75) is 47.4 Å². The fourth-order valence-electron chi connectivity index (χ4n) is 4.25. The van der Waals surface area contributed by atoms with Crippen molar-refractivity contribution in [1.29, 1.82) is 0 Å². The van der Waals surface area contributed by atoms with Gasteiger partial charge < -0.3 is 15.4 Å². The normalized spacial score (nSPS) is 27.7. The Hall–Kier alpha value is -2.40. The average molecular weight is 491 g/mol. The lowest BCUT2D eigenvalue weighted by atomic mass is 9.73. The third kappa shape index (κ3) is 5.08. The SMILES string of the molecule is Cc1ccc(S(=O)(=O)O)cc1.NC1C(=O)N2CC3(CC(C(=O)OCc4ccccc4)C3)S[C@H]12. The van der Waals surface area contributed by atoms with Gasteiger partial charge >= 0.3 is 5.97 Å². The van der Waals surface area contributed by atoms with E-state index in [2.05, 4.69) is 0 Å². The topological polar surface area (TPSA) is 127 Å². The van der Waals surface area contributed by atoms with E-state index in [1.165, 1.54) is 12.1 Å². The van der Waals surface area contributed by atoms with Crippen LogP contribution in [-0.4, -0.2) is 52.5 Å². The van der Waals surface area contributed by atoms with Crippen LogP contribution in [0.2, 0.25) is 0 Å². The molecule has 33 heavy (non-hydrogen) atoms. The van der Waals surface area contributed by atoms with E-state index in [1.807, 2.05) is 42.2 Å². The molecule has 3 aliphatic rings. The molecule has 176 valence electrons. The Kier molecular flexibility index (Phi) is 6.54. The van der Waals surface area contributed by atoms with Crippen molar-refractivity contribution in [3.8, 4) is 0 Å². The number of aryl methyl sites for hydroxylation is 1. The first-order valence-corrected chi connectivity index (χ1v) is 12.9. The molecular weight excluding hydrogens is 464 g/mol. The van der Waals surface area contributed by atoms with Gasteiger partial charge in [0, 0.05) is 11.3 Å². The Morgan fingerprint density at radius 2 is 1.82 bits per heavy atom. The third-order valence-electron chi connectivity index (χ3n) is 6.12. The molecule has 1 amide bonds. The Morgan fingerprint density at radius 3 is 2.39 bits per heavy atom. The molecule has 1 spiro atoms. The molecular formula is C23H26N2O6S2. The van der Waals surface area contributed by atoms with Crippen molar-refractivity contribution >= 4 is 33.8 Å². The van der Waals surface area contributed by atoms with Crippen LogP contribution in [0.1, 0.15) is 24.0 Å². The van der Waals surface area contributed by atoms with Crippen molar-refractivity contribution in [1.82, 2.24) is 4.90 Å². The van der Waals surface area contributed by atoms with E-state index in [9.17, 15) is 18.0 Å². The number of hydrogen-bond acceptors (Lipinski definition) is 7. The lowest BCUT2D eigenvalue weighted by Gasteiger charge is -2.42. The number of hydrogen-bond donors (Lipinski definition) is 2. The predicted octanol–water partition coefficient (Wildman–Crippen LogP) is 2.36. The molecule has 2 aromatic rings. The molecule has 2 saturated heterocycles. The van der Waals surface area contributed by atoms with Crippen LogP contribution >= 0.6 is 11.8 Å². The molecule has 0 radical (unpaired) electrons. The van der Waals surface area contributed by atoms with Crippen LogP contribution in [0, 0.1) is 12.8 Å². The van der Waals surface area contributed by atoms with Gasteiger partial charge in [0.15, 0.2) is 0 Å². The van der Waals surface area contributed by atoms with Crippen LogP contribution in [0.3, 0.4) is 0 Å². The summed E-state index contributed by atoms with van der Waals surface area (Å²) in [5.74, 6) is -0.120. The molecule has 0 bridgehead atoms. The highest BCUT2D eigenvalue weighted by Gasteiger charge is 2.62. The van der Waals surface area contributed by atoms with Crippen molar-refractivity contribution in [3.63, 3.8) is 0 Å². The van der Waals surface area contributed by atoms with Crippen molar-refractivity contribution in [3.05, 3.63) is 65.7 Å². The molecule has 10 heteroatoms. The smallest absolute Gasteiger partial charge is 0.309 e. The molecule has 2 aromatic carbocycles. The molecule has 1 aliphatic carbocycles. The minimum absolute atomic E-state index is 0.0326. The summed E-state index contributed by atoms with van der Waals surface area (Å²) in [7, 11) is -4.02. The van der Waals surface area contributed by atoms with E-state index in [-0.39, 0.29) is 38.9 Å². The van der Waals surface area contributed by atoms with Crippen LogP contribution < -0.4 is 5.73 Å². The van der Waals surface area contributed by atoms with Gasteiger partial charge in [-0.2, -0.15) is 8.42 Å². The van der Waals surface area contributed by atoms with E-state index < -0.39 is 10.1 Å². The Balaban J connectivity index is 0.000000200. The van der Waals surface area contributed by atoms with E-state index in [1.54, 1.807) is 23.9 Å². The standard InChI is InChI=1S/C16H18N2O3S.C7H8O3S/c17-12-13(19)18-9-16(22-14(12)18)6-11(7-16)15(20)21-8-10-4-2-1-3-5-10;1-6-2-4-7(5-3-6)11(8,9)10/h1-5,11-12,14H,6-9,17H2;2-5H,1H3,(H,8,9,10)/t11?,12?,14-,16?;/m1./s1.